The Bertz CT molecular complexity index is 1230. The van der Waals surface area contributed by atoms with Gasteiger partial charge in [-0.25, -0.2) is 4.98 Å². The maximum Gasteiger partial charge on any atom is 0.229 e. The molecule has 7 nitrogen and oxygen atoms in total. The molecule has 7 heteroatoms. The summed E-state index contributed by atoms with van der Waals surface area (Å²) in [6.45, 7) is 4.04. The molecule has 0 spiro atoms. The molecule has 0 saturated heterocycles. The van der Waals surface area contributed by atoms with Gasteiger partial charge in [-0.15, -0.1) is 0 Å². The molecule has 3 heterocycles. The van der Waals surface area contributed by atoms with E-state index in [0.29, 0.717) is 5.95 Å². The van der Waals surface area contributed by atoms with Gasteiger partial charge in [0.25, 0.3) is 0 Å². The van der Waals surface area contributed by atoms with Crippen LogP contribution in [0.3, 0.4) is 0 Å². The maximum absolute atomic E-state index is 4.72. The standard InChI is InChI=1S/C23H25N7/c1-15-20-7-6-19(13-21(20)28-30(15)3)29(2)22-9-11-25-23(27-22)26-18-5-4-17-14-24-10-8-16(17)12-18/h4-7,9,11-13,24H,8,10,14H2,1-3H3,(H,25,26,27). The van der Waals surface area contributed by atoms with Gasteiger partial charge in [-0.3, -0.25) is 4.68 Å². The van der Waals surface area contributed by atoms with Gasteiger partial charge in [0, 0.05) is 49.3 Å². The number of rotatable bonds is 4. The molecule has 0 atom stereocenters. The molecule has 30 heavy (non-hydrogen) atoms. The summed E-state index contributed by atoms with van der Waals surface area (Å²) in [5.41, 5.74) is 6.93. The van der Waals surface area contributed by atoms with Gasteiger partial charge in [-0.05, 0) is 67.4 Å². The summed E-state index contributed by atoms with van der Waals surface area (Å²) in [4.78, 5) is 11.2. The number of anilines is 4. The number of nitrogens with one attached hydrogen (secondary N) is 2. The van der Waals surface area contributed by atoms with Gasteiger partial charge >= 0.3 is 0 Å². The van der Waals surface area contributed by atoms with Crippen LogP contribution in [0, 0.1) is 6.92 Å². The molecule has 2 N–H and O–H groups in total. The van der Waals surface area contributed by atoms with E-state index in [9.17, 15) is 0 Å². The van der Waals surface area contributed by atoms with Gasteiger partial charge in [-0.1, -0.05) is 6.07 Å². The fraction of sp³-hybridized carbons (Fsp3) is 0.261. The van der Waals surface area contributed by atoms with Crippen LogP contribution in [0.15, 0.2) is 48.7 Å². The first-order valence-electron chi connectivity index (χ1n) is 10.2. The normalized spacial score (nSPS) is 13.3. The number of nitrogens with zero attached hydrogens (tertiary/aromatic N) is 5. The topological polar surface area (TPSA) is 70.9 Å². The van der Waals surface area contributed by atoms with Crippen LogP contribution < -0.4 is 15.5 Å². The summed E-state index contributed by atoms with van der Waals surface area (Å²) >= 11 is 0. The zero-order chi connectivity index (χ0) is 20.7. The molecule has 4 aromatic rings. The Hall–Kier alpha value is -3.45. The molecule has 0 radical (unpaired) electrons. The largest absolute Gasteiger partial charge is 0.329 e. The Kier molecular flexibility index (Phi) is 4.59. The highest BCUT2D eigenvalue weighted by molar-refractivity contribution is 5.85. The van der Waals surface area contributed by atoms with E-state index in [1.165, 1.54) is 16.5 Å². The van der Waals surface area contributed by atoms with Crippen molar-refractivity contribution < 1.29 is 0 Å². The Morgan fingerprint density at radius 1 is 1.10 bits per heavy atom. The van der Waals surface area contributed by atoms with Crippen molar-refractivity contribution in [2.24, 2.45) is 7.05 Å². The number of aromatic nitrogens is 4. The van der Waals surface area contributed by atoms with Crippen molar-refractivity contribution in [3.8, 4) is 0 Å². The summed E-state index contributed by atoms with van der Waals surface area (Å²) in [5.74, 6) is 1.41. The lowest BCUT2D eigenvalue weighted by molar-refractivity contribution is 0.644. The molecule has 0 bridgehead atoms. The van der Waals surface area contributed by atoms with E-state index < -0.39 is 0 Å². The second-order valence-corrected chi connectivity index (χ2v) is 7.74. The molecule has 1 aliphatic rings. The number of aryl methyl sites for hydroxylation is 2. The summed E-state index contributed by atoms with van der Waals surface area (Å²) in [7, 11) is 3.98. The highest BCUT2D eigenvalue weighted by Crippen LogP contribution is 2.28. The number of fused-ring (bicyclic) bond motifs is 2. The Morgan fingerprint density at radius 3 is 2.90 bits per heavy atom. The summed E-state index contributed by atoms with van der Waals surface area (Å²) < 4.78 is 1.91. The molecular weight excluding hydrogens is 374 g/mol. The molecular formula is C23H25N7. The maximum atomic E-state index is 4.72. The monoisotopic (exact) mass is 399 g/mol. The van der Waals surface area contributed by atoms with Crippen LogP contribution in [0.1, 0.15) is 16.8 Å². The third-order valence-electron chi connectivity index (χ3n) is 5.84. The van der Waals surface area contributed by atoms with Crippen molar-refractivity contribution in [2.45, 2.75) is 19.9 Å². The van der Waals surface area contributed by atoms with Crippen molar-refractivity contribution in [1.29, 1.82) is 0 Å². The molecule has 2 aromatic carbocycles. The Labute approximate surface area is 175 Å². The van der Waals surface area contributed by atoms with E-state index in [1.54, 1.807) is 6.20 Å². The van der Waals surface area contributed by atoms with Crippen LogP contribution in [0.2, 0.25) is 0 Å². The molecule has 0 amide bonds. The van der Waals surface area contributed by atoms with Gasteiger partial charge in [0.2, 0.25) is 5.95 Å². The minimum atomic E-state index is 0.586. The molecule has 0 unspecified atom stereocenters. The predicted octanol–water partition coefficient (Wildman–Crippen LogP) is 3.83. The molecule has 152 valence electrons. The summed E-state index contributed by atoms with van der Waals surface area (Å²) in [6.07, 6.45) is 2.83. The molecule has 0 aliphatic carbocycles. The number of benzene rings is 2. The lowest BCUT2D eigenvalue weighted by atomic mass is 10.0. The van der Waals surface area contributed by atoms with E-state index in [1.807, 2.05) is 24.8 Å². The fourth-order valence-corrected chi connectivity index (χ4v) is 3.94. The average molecular weight is 400 g/mol. The minimum absolute atomic E-state index is 0.586. The van der Waals surface area contributed by atoms with Crippen LogP contribution in [0.25, 0.3) is 10.9 Å². The third-order valence-corrected chi connectivity index (χ3v) is 5.84. The first-order valence-corrected chi connectivity index (χ1v) is 10.2. The lowest BCUT2D eigenvalue weighted by Gasteiger charge is -2.20. The van der Waals surface area contributed by atoms with Crippen molar-refractivity contribution in [1.82, 2.24) is 25.1 Å². The van der Waals surface area contributed by atoms with Crippen LogP contribution in [-0.4, -0.2) is 33.3 Å². The molecule has 0 fully saturated rings. The van der Waals surface area contributed by atoms with Crippen molar-refractivity contribution in [2.75, 3.05) is 23.8 Å². The third kappa shape index (κ3) is 3.37. The second kappa shape index (κ2) is 7.42. The van der Waals surface area contributed by atoms with Crippen LogP contribution in [0.5, 0.6) is 0 Å². The molecule has 1 aliphatic heterocycles. The first-order chi connectivity index (χ1) is 14.6. The zero-order valence-electron chi connectivity index (χ0n) is 17.5. The van der Waals surface area contributed by atoms with Gasteiger partial charge in [0.15, 0.2) is 0 Å². The highest BCUT2D eigenvalue weighted by atomic mass is 15.3. The number of hydrogen-bond donors (Lipinski definition) is 2. The zero-order valence-corrected chi connectivity index (χ0v) is 17.5. The van der Waals surface area contributed by atoms with Gasteiger partial charge < -0.3 is 15.5 Å². The SMILES string of the molecule is Cc1c2ccc(N(C)c3ccnc(Nc4ccc5c(c4)CCNC5)n3)cc2nn1C. The van der Waals surface area contributed by atoms with Crippen molar-refractivity contribution in [3.63, 3.8) is 0 Å². The summed E-state index contributed by atoms with van der Waals surface area (Å²) in [5, 5.41) is 12.5. The number of hydrogen-bond acceptors (Lipinski definition) is 6. The highest BCUT2D eigenvalue weighted by Gasteiger charge is 2.12. The summed E-state index contributed by atoms with van der Waals surface area (Å²) in [6, 6.07) is 14.7. The van der Waals surface area contributed by atoms with Crippen LogP contribution in [-0.2, 0) is 20.0 Å². The Morgan fingerprint density at radius 2 is 2.00 bits per heavy atom. The second-order valence-electron chi connectivity index (χ2n) is 7.74. The smallest absolute Gasteiger partial charge is 0.229 e. The molecule has 0 saturated carbocycles. The average Bonchev–Trinajstić information content (AvgIpc) is 3.06. The quantitative estimate of drug-likeness (QED) is 0.544. The van der Waals surface area contributed by atoms with E-state index >= 15 is 0 Å². The van der Waals surface area contributed by atoms with Crippen molar-refractivity contribution >= 4 is 34.0 Å². The van der Waals surface area contributed by atoms with Crippen molar-refractivity contribution in [3.05, 3.63) is 65.5 Å². The van der Waals surface area contributed by atoms with Crippen LogP contribution >= 0.6 is 0 Å². The molecule has 2 aromatic heterocycles. The van der Waals surface area contributed by atoms with Crippen LogP contribution in [0.4, 0.5) is 23.1 Å². The first kappa shape index (κ1) is 18.6. The van der Waals surface area contributed by atoms with E-state index in [-0.39, 0.29) is 0 Å². The van der Waals surface area contributed by atoms with Gasteiger partial charge in [0.05, 0.1) is 5.52 Å². The Balaban J connectivity index is 1.40. The van der Waals surface area contributed by atoms with Gasteiger partial charge in [-0.2, -0.15) is 10.1 Å². The van der Waals surface area contributed by atoms with E-state index in [0.717, 1.165) is 47.9 Å². The predicted molar refractivity (Wildman–Crippen MR) is 121 cm³/mol. The van der Waals surface area contributed by atoms with E-state index in [2.05, 4.69) is 68.9 Å². The van der Waals surface area contributed by atoms with E-state index in [4.69, 9.17) is 4.98 Å². The lowest BCUT2D eigenvalue weighted by Crippen LogP contribution is -2.23. The fourth-order valence-electron chi connectivity index (χ4n) is 3.94. The van der Waals surface area contributed by atoms with Gasteiger partial charge in [0.1, 0.15) is 5.82 Å². The molecule has 5 rings (SSSR count). The minimum Gasteiger partial charge on any atom is -0.329 e.